The van der Waals surface area contributed by atoms with Crippen molar-refractivity contribution in [3.63, 3.8) is 0 Å². The van der Waals surface area contributed by atoms with Crippen molar-refractivity contribution in [3.8, 4) is 0 Å². The molecular weight excluding hydrogens is 182 g/mol. The number of carboxylic acid groups (broad SMARTS) is 1. The molecule has 0 aromatic carbocycles. The lowest BCUT2D eigenvalue weighted by molar-refractivity contribution is -0.140. The molecule has 14 heavy (non-hydrogen) atoms. The monoisotopic (exact) mass is 201 g/mol. The maximum absolute atomic E-state index is 10.7. The van der Waals surface area contributed by atoms with E-state index < -0.39 is 12.0 Å². The van der Waals surface area contributed by atoms with Gasteiger partial charge in [0, 0.05) is 12.6 Å². The summed E-state index contributed by atoms with van der Waals surface area (Å²) in [6, 6.07) is -0.0739. The second-order valence-corrected chi connectivity index (χ2v) is 3.71. The number of aliphatic carboxylic acids is 1. The van der Waals surface area contributed by atoms with Crippen LogP contribution in [0.25, 0.3) is 0 Å². The SMILES string of the molecule is CCOC1CC(NC(CC)C(=O)O)C1. The van der Waals surface area contributed by atoms with Crippen LogP contribution < -0.4 is 5.32 Å². The first-order valence-electron chi connectivity index (χ1n) is 5.27. The van der Waals surface area contributed by atoms with E-state index in [2.05, 4.69) is 5.32 Å². The molecule has 1 fully saturated rings. The summed E-state index contributed by atoms with van der Waals surface area (Å²) in [5.74, 6) is -0.757. The summed E-state index contributed by atoms with van der Waals surface area (Å²) in [7, 11) is 0. The van der Waals surface area contributed by atoms with Crippen LogP contribution in [0.1, 0.15) is 33.1 Å². The van der Waals surface area contributed by atoms with Crippen LogP contribution in [0.3, 0.4) is 0 Å². The molecule has 0 radical (unpaired) electrons. The van der Waals surface area contributed by atoms with Gasteiger partial charge in [-0.05, 0) is 26.2 Å². The predicted octanol–water partition coefficient (Wildman–Crippen LogP) is 1.01. The Balaban J connectivity index is 2.17. The van der Waals surface area contributed by atoms with Crippen LogP contribution in [0.4, 0.5) is 0 Å². The first-order valence-corrected chi connectivity index (χ1v) is 5.27. The lowest BCUT2D eigenvalue weighted by Gasteiger charge is -2.37. The Hall–Kier alpha value is -0.610. The predicted molar refractivity (Wildman–Crippen MR) is 53.3 cm³/mol. The molecule has 0 aromatic rings. The van der Waals surface area contributed by atoms with E-state index in [1.54, 1.807) is 0 Å². The summed E-state index contributed by atoms with van der Waals surface area (Å²) >= 11 is 0. The van der Waals surface area contributed by atoms with Gasteiger partial charge in [-0.25, -0.2) is 0 Å². The summed E-state index contributed by atoms with van der Waals surface area (Å²) in [6.45, 7) is 4.60. The minimum Gasteiger partial charge on any atom is -0.480 e. The molecule has 1 atom stereocenters. The lowest BCUT2D eigenvalue weighted by Crippen LogP contribution is -2.51. The molecule has 2 N–H and O–H groups in total. The molecule has 0 heterocycles. The van der Waals surface area contributed by atoms with Crippen molar-refractivity contribution < 1.29 is 14.6 Å². The zero-order valence-electron chi connectivity index (χ0n) is 8.82. The second kappa shape index (κ2) is 5.32. The molecular formula is C10H19NO3. The fourth-order valence-electron chi connectivity index (χ4n) is 1.72. The van der Waals surface area contributed by atoms with E-state index in [9.17, 15) is 4.79 Å². The Morgan fingerprint density at radius 1 is 1.57 bits per heavy atom. The molecule has 1 rings (SSSR count). The number of carboxylic acids is 1. The van der Waals surface area contributed by atoms with Crippen molar-refractivity contribution in [2.45, 2.75) is 51.3 Å². The Kier molecular flexibility index (Phi) is 4.35. The molecule has 4 nitrogen and oxygen atoms in total. The second-order valence-electron chi connectivity index (χ2n) is 3.71. The Morgan fingerprint density at radius 3 is 2.64 bits per heavy atom. The average molecular weight is 201 g/mol. The van der Waals surface area contributed by atoms with E-state index in [0.717, 1.165) is 19.4 Å². The molecule has 0 aliphatic heterocycles. The summed E-state index contributed by atoms with van der Waals surface area (Å²) in [6.07, 6.45) is 2.85. The topological polar surface area (TPSA) is 58.6 Å². The minimum atomic E-state index is -0.757. The highest BCUT2D eigenvalue weighted by Crippen LogP contribution is 2.23. The fourth-order valence-corrected chi connectivity index (χ4v) is 1.72. The molecule has 1 saturated carbocycles. The zero-order chi connectivity index (χ0) is 10.6. The maximum atomic E-state index is 10.7. The standard InChI is InChI=1S/C10H19NO3/c1-3-9(10(12)13)11-7-5-8(6-7)14-4-2/h7-9,11H,3-6H2,1-2H3,(H,12,13). The summed E-state index contributed by atoms with van der Waals surface area (Å²) in [4.78, 5) is 10.7. The third-order valence-electron chi connectivity index (χ3n) is 2.64. The molecule has 0 aromatic heterocycles. The van der Waals surface area contributed by atoms with Gasteiger partial charge in [-0.15, -0.1) is 0 Å². The van der Waals surface area contributed by atoms with Gasteiger partial charge in [0.1, 0.15) is 6.04 Å². The zero-order valence-corrected chi connectivity index (χ0v) is 8.82. The molecule has 0 spiro atoms. The van der Waals surface area contributed by atoms with Gasteiger partial charge in [0.05, 0.1) is 6.10 Å². The smallest absolute Gasteiger partial charge is 0.320 e. The molecule has 4 heteroatoms. The van der Waals surface area contributed by atoms with Gasteiger partial charge in [0.2, 0.25) is 0 Å². The van der Waals surface area contributed by atoms with Crippen molar-refractivity contribution in [1.82, 2.24) is 5.32 Å². The van der Waals surface area contributed by atoms with Crippen LogP contribution in [0.5, 0.6) is 0 Å². The van der Waals surface area contributed by atoms with Crippen LogP contribution >= 0.6 is 0 Å². The van der Waals surface area contributed by atoms with Crippen LogP contribution in [0, 0.1) is 0 Å². The van der Waals surface area contributed by atoms with E-state index in [1.165, 1.54) is 0 Å². The van der Waals surface area contributed by atoms with Crippen LogP contribution in [-0.4, -0.2) is 35.9 Å². The summed E-state index contributed by atoms with van der Waals surface area (Å²) in [5, 5.41) is 11.9. The van der Waals surface area contributed by atoms with Gasteiger partial charge >= 0.3 is 5.97 Å². The van der Waals surface area contributed by atoms with Crippen molar-refractivity contribution in [2.24, 2.45) is 0 Å². The minimum absolute atomic E-state index is 0.326. The number of hydrogen-bond acceptors (Lipinski definition) is 3. The molecule has 1 aliphatic rings. The highest BCUT2D eigenvalue weighted by Gasteiger charge is 2.32. The highest BCUT2D eigenvalue weighted by molar-refractivity contribution is 5.73. The van der Waals surface area contributed by atoms with Crippen molar-refractivity contribution >= 4 is 5.97 Å². The molecule has 0 saturated heterocycles. The average Bonchev–Trinajstić information content (AvgIpc) is 2.08. The molecule has 0 bridgehead atoms. The first kappa shape index (κ1) is 11.5. The fraction of sp³-hybridized carbons (Fsp3) is 0.900. The van der Waals surface area contributed by atoms with Crippen molar-refractivity contribution in [2.75, 3.05) is 6.61 Å². The number of rotatable bonds is 6. The first-order chi connectivity index (χ1) is 6.67. The van der Waals surface area contributed by atoms with Crippen molar-refractivity contribution in [1.29, 1.82) is 0 Å². The van der Waals surface area contributed by atoms with Crippen LogP contribution in [-0.2, 0) is 9.53 Å². The quantitative estimate of drug-likeness (QED) is 0.673. The summed E-state index contributed by atoms with van der Waals surface area (Å²) in [5.41, 5.74) is 0. The van der Waals surface area contributed by atoms with Crippen LogP contribution in [0.15, 0.2) is 0 Å². The van der Waals surface area contributed by atoms with E-state index in [1.807, 2.05) is 13.8 Å². The van der Waals surface area contributed by atoms with Crippen molar-refractivity contribution in [3.05, 3.63) is 0 Å². The molecule has 1 unspecified atom stereocenters. The van der Waals surface area contributed by atoms with Gasteiger partial charge in [0.25, 0.3) is 0 Å². The van der Waals surface area contributed by atoms with Crippen LogP contribution in [0.2, 0.25) is 0 Å². The third kappa shape index (κ3) is 2.96. The number of nitrogens with one attached hydrogen (secondary N) is 1. The molecule has 0 amide bonds. The van der Waals surface area contributed by atoms with Gasteiger partial charge in [-0.3, -0.25) is 4.79 Å². The Labute approximate surface area is 84.6 Å². The van der Waals surface area contributed by atoms with Gasteiger partial charge in [-0.2, -0.15) is 0 Å². The maximum Gasteiger partial charge on any atom is 0.320 e. The lowest BCUT2D eigenvalue weighted by atomic mass is 9.88. The number of ether oxygens (including phenoxy) is 1. The third-order valence-corrected chi connectivity index (χ3v) is 2.64. The number of carbonyl (C=O) groups is 1. The van der Waals surface area contributed by atoms with E-state index in [0.29, 0.717) is 18.6 Å². The molecule has 1 aliphatic carbocycles. The highest BCUT2D eigenvalue weighted by atomic mass is 16.5. The Morgan fingerprint density at radius 2 is 2.21 bits per heavy atom. The van der Waals surface area contributed by atoms with Gasteiger partial charge < -0.3 is 15.2 Å². The van der Waals surface area contributed by atoms with E-state index in [-0.39, 0.29) is 0 Å². The number of hydrogen-bond donors (Lipinski definition) is 2. The summed E-state index contributed by atoms with van der Waals surface area (Å²) < 4.78 is 5.40. The normalized spacial score (nSPS) is 28.1. The largest absolute Gasteiger partial charge is 0.480 e. The van der Waals surface area contributed by atoms with E-state index in [4.69, 9.17) is 9.84 Å². The van der Waals surface area contributed by atoms with Gasteiger partial charge in [-0.1, -0.05) is 6.92 Å². The molecule has 82 valence electrons. The Bertz CT molecular complexity index is 190. The van der Waals surface area contributed by atoms with Gasteiger partial charge in [0.15, 0.2) is 0 Å². The van der Waals surface area contributed by atoms with E-state index >= 15 is 0 Å².